The molecule has 1 aromatic carbocycles. The summed E-state index contributed by atoms with van der Waals surface area (Å²) in [5.41, 5.74) is 0.196. The Bertz CT molecular complexity index is 510. The van der Waals surface area contributed by atoms with Crippen LogP contribution in [0.25, 0.3) is 0 Å². The molecule has 1 aromatic rings. The molecule has 3 nitrogen and oxygen atoms in total. The zero-order valence-electron chi connectivity index (χ0n) is 11.9. The average Bonchev–Trinajstić information content (AvgIpc) is 2.52. The van der Waals surface area contributed by atoms with Gasteiger partial charge in [0, 0.05) is 5.56 Å². The molecule has 0 aliphatic carbocycles. The lowest BCUT2D eigenvalue weighted by atomic mass is 9.77. The van der Waals surface area contributed by atoms with Gasteiger partial charge in [0.1, 0.15) is 5.82 Å². The second kappa shape index (κ2) is 4.42. The SMILES string of the molecule is Cc1cc(B2OC(C)(C)C(C)(C)O2)cc(C=O)c1F. The van der Waals surface area contributed by atoms with E-state index in [1.807, 2.05) is 27.7 Å². The van der Waals surface area contributed by atoms with Crippen molar-refractivity contribution in [2.45, 2.75) is 45.8 Å². The van der Waals surface area contributed by atoms with Crippen LogP contribution >= 0.6 is 0 Å². The molecular weight excluding hydrogens is 246 g/mol. The van der Waals surface area contributed by atoms with Gasteiger partial charge in [-0.05, 0) is 51.7 Å². The Morgan fingerprint density at radius 3 is 2.16 bits per heavy atom. The smallest absolute Gasteiger partial charge is 0.399 e. The van der Waals surface area contributed by atoms with E-state index in [4.69, 9.17) is 9.31 Å². The number of hydrogen-bond acceptors (Lipinski definition) is 3. The molecule has 0 aromatic heterocycles. The second-order valence-electron chi connectivity index (χ2n) is 5.95. The lowest BCUT2D eigenvalue weighted by molar-refractivity contribution is 0.00578. The Kier molecular flexibility index (Phi) is 3.31. The van der Waals surface area contributed by atoms with Crippen molar-refractivity contribution in [3.63, 3.8) is 0 Å². The molecule has 0 unspecified atom stereocenters. The van der Waals surface area contributed by atoms with E-state index in [1.165, 1.54) is 6.07 Å². The van der Waals surface area contributed by atoms with Gasteiger partial charge in [0.25, 0.3) is 0 Å². The van der Waals surface area contributed by atoms with Crippen LogP contribution in [0.15, 0.2) is 12.1 Å². The predicted molar refractivity (Wildman–Crippen MR) is 72.2 cm³/mol. The molecule has 2 rings (SSSR count). The number of carbonyl (C=O) groups excluding carboxylic acids is 1. The van der Waals surface area contributed by atoms with E-state index in [2.05, 4.69) is 0 Å². The molecule has 0 bridgehead atoms. The van der Waals surface area contributed by atoms with Crippen LogP contribution in [0.2, 0.25) is 0 Å². The molecule has 19 heavy (non-hydrogen) atoms. The van der Waals surface area contributed by atoms with Gasteiger partial charge >= 0.3 is 7.12 Å². The number of aldehydes is 1. The van der Waals surface area contributed by atoms with E-state index in [9.17, 15) is 9.18 Å². The standard InChI is InChI=1S/C14H18BFO3/c1-9-6-11(7-10(8-17)12(9)16)15-18-13(2,3)14(4,5)19-15/h6-8H,1-5H3. The summed E-state index contributed by atoms with van der Waals surface area (Å²) < 4.78 is 25.4. The third kappa shape index (κ3) is 2.32. The molecule has 5 heteroatoms. The van der Waals surface area contributed by atoms with Gasteiger partial charge < -0.3 is 9.31 Å². The van der Waals surface area contributed by atoms with Crippen molar-refractivity contribution in [1.82, 2.24) is 0 Å². The normalized spacial score (nSPS) is 20.6. The third-order valence-electron chi connectivity index (χ3n) is 3.96. The summed E-state index contributed by atoms with van der Waals surface area (Å²) in [5.74, 6) is -0.490. The van der Waals surface area contributed by atoms with E-state index in [1.54, 1.807) is 13.0 Å². The molecule has 0 spiro atoms. The van der Waals surface area contributed by atoms with E-state index in [0.717, 1.165) is 0 Å². The maximum atomic E-state index is 13.7. The first-order valence-corrected chi connectivity index (χ1v) is 6.29. The molecule has 1 heterocycles. The largest absolute Gasteiger partial charge is 0.494 e. The fraction of sp³-hybridized carbons (Fsp3) is 0.500. The summed E-state index contributed by atoms with van der Waals surface area (Å²) in [5, 5.41) is 0. The highest BCUT2D eigenvalue weighted by molar-refractivity contribution is 6.62. The highest BCUT2D eigenvalue weighted by Crippen LogP contribution is 2.36. The number of hydrogen-bond donors (Lipinski definition) is 0. The summed E-state index contributed by atoms with van der Waals surface area (Å²) in [6.45, 7) is 9.42. The first kappa shape index (κ1) is 14.2. The molecule has 0 atom stereocenters. The zero-order chi connectivity index (χ0) is 14.4. The minimum absolute atomic E-state index is 0.0321. The van der Waals surface area contributed by atoms with Crippen LogP contribution < -0.4 is 5.46 Å². The van der Waals surface area contributed by atoms with Crippen molar-refractivity contribution in [3.05, 3.63) is 29.1 Å². The number of rotatable bonds is 2. The molecule has 1 fully saturated rings. The van der Waals surface area contributed by atoms with E-state index < -0.39 is 24.1 Å². The minimum atomic E-state index is -0.581. The third-order valence-corrected chi connectivity index (χ3v) is 3.96. The lowest BCUT2D eigenvalue weighted by Gasteiger charge is -2.32. The van der Waals surface area contributed by atoms with Crippen molar-refractivity contribution in [2.75, 3.05) is 0 Å². The monoisotopic (exact) mass is 264 g/mol. The van der Waals surface area contributed by atoms with Gasteiger partial charge in [0.15, 0.2) is 6.29 Å². The van der Waals surface area contributed by atoms with Crippen LogP contribution in [-0.4, -0.2) is 24.6 Å². The molecule has 0 radical (unpaired) electrons. The van der Waals surface area contributed by atoms with Gasteiger partial charge in [0.05, 0.1) is 11.2 Å². The van der Waals surface area contributed by atoms with Gasteiger partial charge in [-0.3, -0.25) is 4.79 Å². The first-order chi connectivity index (χ1) is 8.68. The molecule has 102 valence electrons. The Morgan fingerprint density at radius 1 is 1.16 bits per heavy atom. The fourth-order valence-corrected chi connectivity index (χ4v) is 2.03. The molecule has 1 aliphatic rings. The summed E-state index contributed by atoms with van der Waals surface area (Å²) in [7, 11) is -0.581. The van der Waals surface area contributed by atoms with Crippen molar-refractivity contribution >= 4 is 18.9 Å². The second-order valence-corrected chi connectivity index (χ2v) is 5.95. The van der Waals surface area contributed by atoms with Gasteiger partial charge in [-0.2, -0.15) is 0 Å². The fourth-order valence-electron chi connectivity index (χ4n) is 2.03. The molecule has 1 saturated heterocycles. The van der Waals surface area contributed by atoms with Gasteiger partial charge in [-0.1, -0.05) is 6.07 Å². The van der Waals surface area contributed by atoms with Gasteiger partial charge in [0.2, 0.25) is 0 Å². The van der Waals surface area contributed by atoms with Crippen molar-refractivity contribution in [2.24, 2.45) is 0 Å². The summed E-state index contributed by atoms with van der Waals surface area (Å²) >= 11 is 0. The quantitative estimate of drug-likeness (QED) is 0.607. The number of benzene rings is 1. The molecule has 0 amide bonds. The Hall–Kier alpha value is -1.20. The van der Waals surface area contributed by atoms with Crippen LogP contribution in [0, 0.1) is 12.7 Å². The van der Waals surface area contributed by atoms with Crippen LogP contribution in [0.3, 0.4) is 0 Å². The number of halogens is 1. The summed E-state index contributed by atoms with van der Waals surface area (Å²) in [6.07, 6.45) is 0.511. The Balaban J connectivity index is 2.40. The van der Waals surface area contributed by atoms with Crippen molar-refractivity contribution in [1.29, 1.82) is 0 Å². The van der Waals surface area contributed by atoms with E-state index in [0.29, 0.717) is 17.3 Å². The number of carbonyl (C=O) groups is 1. The highest BCUT2D eigenvalue weighted by atomic mass is 19.1. The van der Waals surface area contributed by atoms with Crippen LogP contribution in [0.5, 0.6) is 0 Å². The van der Waals surface area contributed by atoms with Crippen LogP contribution in [-0.2, 0) is 9.31 Å². The van der Waals surface area contributed by atoms with E-state index >= 15 is 0 Å². The average molecular weight is 264 g/mol. The molecule has 0 saturated carbocycles. The first-order valence-electron chi connectivity index (χ1n) is 6.29. The topological polar surface area (TPSA) is 35.5 Å². The maximum Gasteiger partial charge on any atom is 0.494 e. The Morgan fingerprint density at radius 2 is 1.68 bits per heavy atom. The van der Waals surface area contributed by atoms with Gasteiger partial charge in [-0.25, -0.2) is 4.39 Å². The van der Waals surface area contributed by atoms with E-state index in [-0.39, 0.29) is 5.56 Å². The van der Waals surface area contributed by atoms with Gasteiger partial charge in [-0.15, -0.1) is 0 Å². The minimum Gasteiger partial charge on any atom is -0.399 e. The maximum absolute atomic E-state index is 13.7. The molecule has 1 aliphatic heterocycles. The van der Waals surface area contributed by atoms with Crippen LogP contribution in [0.1, 0.15) is 43.6 Å². The number of aryl methyl sites for hydroxylation is 1. The molecule has 0 N–H and O–H groups in total. The highest BCUT2D eigenvalue weighted by Gasteiger charge is 2.51. The van der Waals surface area contributed by atoms with Crippen LogP contribution in [0.4, 0.5) is 4.39 Å². The Labute approximate surface area is 113 Å². The molecular formula is C14H18BFO3. The lowest BCUT2D eigenvalue weighted by Crippen LogP contribution is -2.41. The van der Waals surface area contributed by atoms with Crippen molar-refractivity contribution in [3.8, 4) is 0 Å². The zero-order valence-corrected chi connectivity index (χ0v) is 11.9. The summed E-state index contributed by atoms with van der Waals surface area (Å²) in [6, 6.07) is 3.14. The summed E-state index contributed by atoms with van der Waals surface area (Å²) in [4.78, 5) is 10.9. The van der Waals surface area contributed by atoms with Crippen molar-refractivity contribution < 1.29 is 18.5 Å². The predicted octanol–water partition coefficient (Wildman–Crippen LogP) is 2.25.